The average Bonchev–Trinajstić information content (AvgIpc) is 2.48. The topological polar surface area (TPSA) is 63.6 Å². The summed E-state index contributed by atoms with van der Waals surface area (Å²) in [5.74, 6) is 0.666. The number of rotatable bonds is 0. The lowest BCUT2D eigenvalue weighted by Crippen LogP contribution is -2.20. The molecule has 2 rings (SSSR count). The second-order valence-electron chi connectivity index (χ2n) is 2.62. The number of hydrogen-bond acceptors (Lipinski definition) is 3. The highest BCUT2D eigenvalue weighted by atomic mass is 16.1. The number of aromatic nitrogens is 4. The van der Waals surface area contributed by atoms with E-state index in [0.29, 0.717) is 17.0 Å². The van der Waals surface area contributed by atoms with E-state index >= 15 is 0 Å². The van der Waals surface area contributed by atoms with Crippen LogP contribution < -0.4 is 5.56 Å². The van der Waals surface area contributed by atoms with Crippen LogP contribution in [0, 0.1) is 6.92 Å². The van der Waals surface area contributed by atoms with E-state index in [0.717, 1.165) is 0 Å². The van der Waals surface area contributed by atoms with Crippen LogP contribution in [-0.2, 0) is 7.05 Å². The van der Waals surface area contributed by atoms with Crippen molar-refractivity contribution in [2.24, 2.45) is 7.05 Å². The van der Waals surface area contributed by atoms with Crippen molar-refractivity contribution < 1.29 is 0 Å². The molecule has 62 valence electrons. The quantitative estimate of drug-likeness (QED) is 0.594. The zero-order chi connectivity index (χ0) is 8.72. The molecule has 2 heterocycles. The van der Waals surface area contributed by atoms with Gasteiger partial charge in [-0.2, -0.15) is 0 Å². The number of nitrogens with one attached hydrogen (secondary N) is 1. The summed E-state index contributed by atoms with van der Waals surface area (Å²) in [4.78, 5) is 22.2. The molecule has 12 heavy (non-hydrogen) atoms. The number of imidazole rings is 1. The summed E-state index contributed by atoms with van der Waals surface area (Å²) in [6.45, 7) is 1.77. The Kier molecular flexibility index (Phi) is 1.27. The Balaban J connectivity index is 3.05. The molecule has 5 heteroatoms. The maximum atomic E-state index is 11.5. The summed E-state index contributed by atoms with van der Waals surface area (Å²) >= 11 is 0. The minimum absolute atomic E-state index is 0.0880. The summed E-state index contributed by atoms with van der Waals surface area (Å²) < 4.78 is 1.49. The summed E-state index contributed by atoms with van der Waals surface area (Å²) in [6, 6.07) is 0. The number of fused-ring (bicyclic) bond motifs is 1. The third-order valence-electron chi connectivity index (χ3n) is 1.89. The number of aryl methyl sites for hydroxylation is 1. The van der Waals surface area contributed by atoms with Gasteiger partial charge in [0.05, 0.1) is 6.33 Å². The van der Waals surface area contributed by atoms with E-state index in [1.165, 1.54) is 10.9 Å². The smallest absolute Gasteiger partial charge is 0.279 e. The molecule has 0 fully saturated rings. The molecule has 2 aromatic heterocycles. The number of nitrogens with zero attached hydrogens (tertiary/aromatic N) is 3. The van der Waals surface area contributed by atoms with Gasteiger partial charge in [0.25, 0.3) is 5.56 Å². The Hall–Kier alpha value is -1.65. The predicted octanol–water partition coefficient (Wildman–Crippen LogP) is -0.0350. The Labute approximate surface area is 68.1 Å². The van der Waals surface area contributed by atoms with Gasteiger partial charge in [-0.05, 0) is 6.92 Å². The van der Waals surface area contributed by atoms with Crippen molar-refractivity contribution in [2.45, 2.75) is 6.92 Å². The third kappa shape index (κ3) is 0.761. The SMILES string of the molecule is Cc1nc2nc[nH]c2c(=O)n1C. The minimum Gasteiger partial charge on any atom is -0.339 e. The molecule has 0 radical (unpaired) electrons. The van der Waals surface area contributed by atoms with Gasteiger partial charge in [-0.1, -0.05) is 0 Å². The zero-order valence-electron chi connectivity index (χ0n) is 6.83. The number of H-pyrrole nitrogens is 1. The molecule has 0 bridgehead atoms. The van der Waals surface area contributed by atoms with Crippen molar-refractivity contribution in [1.29, 1.82) is 0 Å². The van der Waals surface area contributed by atoms with Crippen LogP contribution in [0.15, 0.2) is 11.1 Å². The number of aromatic amines is 1. The van der Waals surface area contributed by atoms with Gasteiger partial charge in [-0.25, -0.2) is 9.97 Å². The monoisotopic (exact) mass is 164 g/mol. The Morgan fingerprint density at radius 2 is 2.33 bits per heavy atom. The molecule has 1 N–H and O–H groups in total. The van der Waals surface area contributed by atoms with Crippen molar-refractivity contribution in [3.05, 3.63) is 22.5 Å². The Morgan fingerprint density at radius 1 is 1.58 bits per heavy atom. The molecule has 2 aromatic rings. The average molecular weight is 164 g/mol. The summed E-state index contributed by atoms with van der Waals surface area (Å²) in [5.41, 5.74) is 0.855. The molecule has 0 saturated carbocycles. The first-order valence-electron chi connectivity index (χ1n) is 3.57. The van der Waals surface area contributed by atoms with Crippen LogP contribution in [0.5, 0.6) is 0 Å². The van der Waals surface area contributed by atoms with Crippen LogP contribution in [0.4, 0.5) is 0 Å². The van der Waals surface area contributed by atoms with Crippen LogP contribution in [0.1, 0.15) is 5.82 Å². The molecule has 0 unspecified atom stereocenters. The van der Waals surface area contributed by atoms with Gasteiger partial charge in [0.15, 0.2) is 11.2 Å². The van der Waals surface area contributed by atoms with E-state index in [2.05, 4.69) is 15.0 Å². The van der Waals surface area contributed by atoms with E-state index in [1.807, 2.05) is 0 Å². The van der Waals surface area contributed by atoms with E-state index in [4.69, 9.17) is 0 Å². The Bertz CT molecular complexity index is 482. The molecular formula is C7H8N4O. The van der Waals surface area contributed by atoms with E-state index in [-0.39, 0.29) is 5.56 Å². The summed E-state index contributed by atoms with van der Waals surface area (Å²) in [7, 11) is 1.69. The van der Waals surface area contributed by atoms with Crippen LogP contribution in [0.2, 0.25) is 0 Å². The normalized spacial score (nSPS) is 10.8. The van der Waals surface area contributed by atoms with Crippen molar-refractivity contribution in [3.8, 4) is 0 Å². The van der Waals surface area contributed by atoms with Gasteiger partial charge in [-0.15, -0.1) is 0 Å². The van der Waals surface area contributed by atoms with Crippen molar-refractivity contribution in [3.63, 3.8) is 0 Å². The maximum Gasteiger partial charge on any atom is 0.279 e. The van der Waals surface area contributed by atoms with E-state index < -0.39 is 0 Å². The molecule has 5 nitrogen and oxygen atoms in total. The molecular weight excluding hydrogens is 156 g/mol. The standard InChI is InChI=1S/C7H8N4O/c1-4-10-6-5(8-3-9-6)7(12)11(4)2/h3H,1-2H3,(H,8,9). The number of hydrogen-bond donors (Lipinski definition) is 1. The first-order chi connectivity index (χ1) is 5.70. The lowest BCUT2D eigenvalue weighted by Gasteiger charge is -1.99. The second-order valence-corrected chi connectivity index (χ2v) is 2.62. The van der Waals surface area contributed by atoms with Crippen LogP contribution in [0.25, 0.3) is 11.2 Å². The molecule has 0 amide bonds. The van der Waals surface area contributed by atoms with Gasteiger partial charge in [-0.3, -0.25) is 9.36 Å². The lowest BCUT2D eigenvalue weighted by molar-refractivity contribution is 0.789. The molecule has 0 aliphatic carbocycles. The van der Waals surface area contributed by atoms with Crippen molar-refractivity contribution >= 4 is 11.2 Å². The van der Waals surface area contributed by atoms with Gasteiger partial charge in [0, 0.05) is 7.05 Å². The van der Waals surface area contributed by atoms with Gasteiger partial charge in [0.2, 0.25) is 0 Å². The highest BCUT2D eigenvalue weighted by Gasteiger charge is 2.05. The largest absolute Gasteiger partial charge is 0.339 e. The lowest BCUT2D eigenvalue weighted by atomic mass is 10.5. The molecule has 0 aliphatic heterocycles. The third-order valence-corrected chi connectivity index (χ3v) is 1.89. The molecule has 0 atom stereocenters. The molecule has 0 aromatic carbocycles. The fourth-order valence-corrected chi connectivity index (χ4v) is 1.07. The molecule has 0 saturated heterocycles. The minimum atomic E-state index is -0.0880. The van der Waals surface area contributed by atoms with Crippen LogP contribution >= 0.6 is 0 Å². The molecule has 0 spiro atoms. The summed E-state index contributed by atoms with van der Waals surface area (Å²) in [6.07, 6.45) is 1.47. The zero-order valence-corrected chi connectivity index (χ0v) is 6.83. The van der Waals surface area contributed by atoms with Crippen LogP contribution in [0.3, 0.4) is 0 Å². The first kappa shape index (κ1) is 7.02. The fraction of sp³-hybridized carbons (Fsp3) is 0.286. The van der Waals surface area contributed by atoms with Crippen molar-refractivity contribution in [2.75, 3.05) is 0 Å². The predicted molar refractivity (Wildman–Crippen MR) is 43.9 cm³/mol. The highest BCUT2D eigenvalue weighted by Crippen LogP contribution is 1.99. The van der Waals surface area contributed by atoms with Gasteiger partial charge < -0.3 is 4.98 Å². The Morgan fingerprint density at radius 3 is 3.08 bits per heavy atom. The molecule has 0 aliphatic rings. The fourth-order valence-electron chi connectivity index (χ4n) is 1.07. The van der Waals surface area contributed by atoms with Crippen molar-refractivity contribution in [1.82, 2.24) is 19.5 Å². The second kappa shape index (κ2) is 2.17. The first-order valence-corrected chi connectivity index (χ1v) is 3.57. The maximum absolute atomic E-state index is 11.5. The van der Waals surface area contributed by atoms with Gasteiger partial charge >= 0.3 is 0 Å². The summed E-state index contributed by atoms with van der Waals surface area (Å²) in [5, 5.41) is 0. The van der Waals surface area contributed by atoms with Crippen LogP contribution in [-0.4, -0.2) is 19.5 Å². The van der Waals surface area contributed by atoms with Gasteiger partial charge in [0.1, 0.15) is 5.82 Å². The van der Waals surface area contributed by atoms with E-state index in [1.54, 1.807) is 14.0 Å². The highest BCUT2D eigenvalue weighted by molar-refractivity contribution is 5.68. The van der Waals surface area contributed by atoms with E-state index in [9.17, 15) is 4.79 Å².